The Bertz CT molecular complexity index is 1180. The second-order valence-corrected chi connectivity index (χ2v) is 7.67. The number of carbonyl (C=O) groups is 1. The first-order valence-corrected chi connectivity index (χ1v) is 10.2. The molecule has 4 nitrogen and oxygen atoms in total. The minimum absolute atomic E-state index is 0.115. The summed E-state index contributed by atoms with van der Waals surface area (Å²) in [6.45, 7) is 2.60. The van der Waals surface area contributed by atoms with Crippen molar-refractivity contribution in [3.05, 3.63) is 120 Å². The van der Waals surface area contributed by atoms with Crippen molar-refractivity contribution in [1.82, 2.24) is 9.47 Å². The molecule has 0 saturated heterocycles. The fourth-order valence-electron chi connectivity index (χ4n) is 4.16. The van der Waals surface area contributed by atoms with E-state index >= 15 is 0 Å². The minimum Gasteiger partial charge on any atom is -0.318 e. The Hall–Kier alpha value is -3.79. The molecule has 0 aliphatic carbocycles. The van der Waals surface area contributed by atoms with E-state index in [9.17, 15) is 4.79 Å². The van der Waals surface area contributed by atoms with Gasteiger partial charge in [-0.05, 0) is 48.4 Å². The molecule has 3 aromatic carbocycles. The molecule has 1 atom stereocenters. The molecule has 1 N–H and O–H groups in total. The molecule has 0 radical (unpaired) electrons. The van der Waals surface area contributed by atoms with Crippen LogP contribution in [0.5, 0.6) is 0 Å². The SMILES string of the molecule is Cc1ccc(C2c3cccn3-c3ccccc3CN2C(=O)Nc2ccccc2)cc1. The van der Waals surface area contributed by atoms with Gasteiger partial charge >= 0.3 is 6.03 Å². The maximum absolute atomic E-state index is 13.5. The molecule has 30 heavy (non-hydrogen) atoms. The zero-order valence-corrected chi connectivity index (χ0v) is 16.8. The molecule has 1 aliphatic rings. The van der Waals surface area contributed by atoms with Crippen molar-refractivity contribution in [2.45, 2.75) is 19.5 Å². The summed E-state index contributed by atoms with van der Waals surface area (Å²) >= 11 is 0. The lowest BCUT2D eigenvalue weighted by Gasteiger charge is -2.31. The van der Waals surface area contributed by atoms with Gasteiger partial charge in [0, 0.05) is 17.6 Å². The van der Waals surface area contributed by atoms with E-state index in [2.05, 4.69) is 65.5 Å². The first kappa shape index (κ1) is 18.3. The Labute approximate surface area is 176 Å². The van der Waals surface area contributed by atoms with E-state index in [0.29, 0.717) is 6.54 Å². The maximum Gasteiger partial charge on any atom is 0.322 e. The Morgan fingerprint density at radius 2 is 1.60 bits per heavy atom. The lowest BCUT2D eigenvalue weighted by atomic mass is 10.0. The molecule has 4 aromatic rings. The highest BCUT2D eigenvalue weighted by atomic mass is 16.2. The number of aryl methyl sites for hydroxylation is 1. The summed E-state index contributed by atoms with van der Waals surface area (Å²) in [6.07, 6.45) is 2.08. The Morgan fingerprint density at radius 3 is 2.40 bits per heavy atom. The van der Waals surface area contributed by atoms with Crippen LogP contribution in [-0.4, -0.2) is 15.5 Å². The number of urea groups is 1. The van der Waals surface area contributed by atoms with Crippen molar-refractivity contribution < 1.29 is 4.79 Å². The lowest BCUT2D eigenvalue weighted by Crippen LogP contribution is -2.37. The van der Waals surface area contributed by atoms with Gasteiger partial charge in [-0.3, -0.25) is 0 Å². The number of nitrogens with one attached hydrogen (secondary N) is 1. The third-order valence-electron chi connectivity index (χ3n) is 5.64. The van der Waals surface area contributed by atoms with Gasteiger partial charge in [-0.25, -0.2) is 4.79 Å². The van der Waals surface area contributed by atoms with E-state index in [1.165, 1.54) is 5.56 Å². The number of benzene rings is 3. The normalized spacial score (nSPS) is 15.1. The Kier molecular flexibility index (Phi) is 4.60. The van der Waals surface area contributed by atoms with E-state index in [4.69, 9.17) is 0 Å². The second kappa shape index (κ2) is 7.56. The van der Waals surface area contributed by atoms with Crippen molar-refractivity contribution in [2.24, 2.45) is 0 Å². The number of rotatable bonds is 2. The van der Waals surface area contributed by atoms with Gasteiger partial charge in [0.1, 0.15) is 0 Å². The van der Waals surface area contributed by atoms with E-state index < -0.39 is 0 Å². The van der Waals surface area contributed by atoms with Gasteiger partial charge in [-0.15, -0.1) is 0 Å². The third-order valence-corrected chi connectivity index (χ3v) is 5.64. The van der Waals surface area contributed by atoms with Gasteiger partial charge in [0.15, 0.2) is 0 Å². The van der Waals surface area contributed by atoms with Crippen LogP contribution in [0.15, 0.2) is 97.2 Å². The van der Waals surface area contributed by atoms with Crippen LogP contribution in [0.25, 0.3) is 5.69 Å². The number of aromatic nitrogens is 1. The van der Waals surface area contributed by atoms with Crippen LogP contribution >= 0.6 is 0 Å². The standard InChI is InChI=1S/C26H23N3O/c1-19-13-15-20(16-14-19)25-24-12-7-17-28(24)23-11-6-5-8-21(23)18-29(25)26(30)27-22-9-3-2-4-10-22/h2-17,25H,18H2,1H3,(H,27,30). The molecule has 0 bridgehead atoms. The van der Waals surface area contributed by atoms with Crippen molar-refractivity contribution in [1.29, 1.82) is 0 Å². The van der Waals surface area contributed by atoms with E-state index in [1.54, 1.807) is 0 Å². The van der Waals surface area contributed by atoms with Crippen LogP contribution in [-0.2, 0) is 6.54 Å². The summed E-state index contributed by atoms with van der Waals surface area (Å²) in [6, 6.07) is 30.2. The molecule has 0 saturated carbocycles. The number of hydrogen-bond donors (Lipinski definition) is 1. The van der Waals surface area contributed by atoms with E-state index in [0.717, 1.165) is 28.2 Å². The molecule has 1 aliphatic heterocycles. The molecule has 5 rings (SSSR count). The van der Waals surface area contributed by atoms with Gasteiger partial charge in [-0.2, -0.15) is 0 Å². The summed E-state index contributed by atoms with van der Waals surface area (Å²) in [5.41, 5.74) is 6.39. The molecule has 148 valence electrons. The summed E-state index contributed by atoms with van der Waals surface area (Å²) in [7, 11) is 0. The smallest absolute Gasteiger partial charge is 0.318 e. The highest BCUT2D eigenvalue weighted by Gasteiger charge is 2.32. The first-order valence-electron chi connectivity index (χ1n) is 10.2. The molecule has 0 fully saturated rings. The van der Waals surface area contributed by atoms with Crippen molar-refractivity contribution in [3.8, 4) is 5.69 Å². The highest BCUT2D eigenvalue weighted by Crippen LogP contribution is 2.37. The largest absolute Gasteiger partial charge is 0.322 e. The number of para-hydroxylation sites is 2. The fourth-order valence-corrected chi connectivity index (χ4v) is 4.16. The molecule has 0 spiro atoms. The van der Waals surface area contributed by atoms with Crippen LogP contribution in [0.2, 0.25) is 0 Å². The van der Waals surface area contributed by atoms with Gasteiger partial charge in [0.2, 0.25) is 0 Å². The predicted molar refractivity (Wildman–Crippen MR) is 120 cm³/mol. The first-order chi connectivity index (χ1) is 14.7. The monoisotopic (exact) mass is 393 g/mol. The number of nitrogens with zero attached hydrogens (tertiary/aromatic N) is 2. The lowest BCUT2D eigenvalue weighted by molar-refractivity contribution is 0.194. The average molecular weight is 393 g/mol. The molecule has 1 aromatic heterocycles. The minimum atomic E-state index is -0.197. The zero-order valence-electron chi connectivity index (χ0n) is 16.8. The van der Waals surface area contributed by atoms with Gasteiger partial charge in [-0.1, -0.05) is 66.2 Å². The number of hydrogen-bond acceptors (Lipinski definition) is 1. The third kappa shape index (κ3) is 3.26. The van der Waals surface area contributed by atoms with Gasteiger partial charge in [0.25, 0.3) is 0 Å². The van der Waals surface area contributed by atoms with Crippen molar-refractivity contribution in [3.63, 3.8) is 0 Å². The second-order valence-electron chi connectivity index (χ2n) is 7.67. The number of amides is 2. The summed E-state index contributed by atoms with van der Waals surface area (Å²) in [5, 5.41) is 3.08. The summed E-state index contributed by atoms with van der Waals surface area (Å²) < 4.78 is 2.20. The fraction of sp³-hybridized carbons (Fsp3) is 0.115. The Balaban J connectivity index is 1.64. The van der Waals surface area contributed by atoms with Crippen LogP contribution in [0.4, 0.5) is 10.5 Å². The molecule has 4 heteroatoms. The van der Waals surface area contributed by atoms with Crippen LogP contribution in [0, 0.1) is 6.92 Å². The molecular formula is C26H23N3O. The molecule has 1 unspecified atom stereocenters. The predicted octanol–water partition coefficient (Wildman–Crippen LogP) is 5.92. The highest BCUT2D eigenvalue weighted by molar-refractivity contribution is 5.90. The number of fused-ring (bicyclic) bond motifs is 3. The topological polar surface area (TPSA) is 37.3 Å². The van der Waals surface area contributed by atoms with Crippen LogP contribution in [0.1, 0.15) is 28.4 Å². The summed E-state index contributed by atoms with van der Waals surface area (Å²) in [5.74, 6) is 0. The molecular weight excluding hydrogens is 370 g/mol. The van der Waals surface area contributed by atoms with Gasteiger partial charge < -0.3 is 14.8 Å². The molecule has 2 amide bonds. The van der Waals surface area contributed by atoms with E-state index in [1.807, 2.05) is 53.4 Å². The molecule has 2 heterocycles. The number of anilines is 1. The Morgan fingerprint density at radius 1 is 0.867 bits per heavy atom. The van der Waals surface area contributed by atoms with E-state index in [-0.39, 0.29) is 12.1 Å². The van der Waals surface area contributed by atoms with Gasteiger partial charge in [0.05, 0.1) is 18.3 Å². The van der Waals surface area contributed by atoms with Crippen LogP contribution in [0.3, 0.4) is 0 Å². The van der Waals surface area contributed by atoms with Crippen molar-refractivity contribution >= 4 is 11.7 Å². The average Bonchev–Trinajstić information content (AvgIpc) is 3.20. The zero-order chi connectivity index (χ0) is 20.5. The van der Waals surface area contributed by atoms with Crippen LogP contribution < -0.4 is 5.32 Å². The number of carbonyl (C=O) groups excluding carboxylic acids is 1. The van der Waals surface area contributed by atoms with Crippen molar-refractivity contribution in [2.75, 3.05) is 5.32 Å². The quantitative estimate of drug-likeness (QED) is 0.451. The summed E-state index contributed by atoms with van der Waals surface area (Å²) in [4.78, 5) is 15.4. The maximum atomic E-state index is 13.5.